The fraction of sp³-hybridized carbons (Fsp3) is 0.556. The SMILES string of the molecule is Cc1nc(N2CC3CC2CC3C(=O)O)cc(-n2ncc3cc(C)c(C4CCC(C)(O)CC4)cc32)n1. The average Bonchev–Trinajstić information content (AvgIpc) is 3.52. The molecule has 2 N–H and O–H groups in total. The van der Waals surface area contributed by atoms with Gasteiger partial charge in [0, 0.05) is 24.0 Å². The van der Waals surface area contributed by atoms with Crippen LogP contribution in [0.3, 0.4) is 0 Å². The third-order valence-electron chi connectivity index (χ3n) is 8.64. The van der Waals surface area contributed by atoms with Crippen LogP contribution in [0.25, 0.3) is 16.7 Å². The van der Waals surface area contributed by atoms with Crippen molar-refractivity contribution in [3.05, 3.63) is 41.3 Å². The van der Waals surface area contributed by atoms with Gasteiger partial charge in [0.1, 0.15) is 11.6 Å². The summed E-state index contributed by atoms with van der Waals surface area (Å²) in [6.07, 6.45) is 7.10. The van der Waals surface area contributed by atoms with Crippen molar-refractivity contribution in [3.63, 3.8) is 0 Å². The van der Waals surface area contributed by atoms with Gasteiger partial charge < -0.3 is 15.1 Å². The van der Waals surface area contributed by atoms with Crippen molar-refractivity contribution in [1.29, 1.82) is 0 Å². The maximum absolute atomic E-state index is 11.6. The van der Waals surface area contributed by atoms with Crippen LogP contribution in [0.5, 0.6) is 0 Å². The molecule has 3 heterocycles. The van der Waals surface area contributed by atoms with E-state index in [1.807, 2.05) is 30.8 Å². The summed E-state index contributed by atoms with van der Waals surface area (Å²) in [5.41, 5.74) is 3.08. The van der Waals surface area contributed by atoms with E-state index in [-0.39, 0.29) is 17.9 Å². The van der Waals surface area contributed by atoms with Crippen molar-refractivity contribution in [2.45, 2.75) is 76.9 Å². The molecule has 0 spiro atoms. The monoisotopic (exact) mass is 475 g/mol. The third-order valence-corrected chi connectivity index (χ3v) is 8.64. The molecule has 35 heavy (non-hydrogen) atoms. The van der Waals surface area contributed by atoms with Crippen molar-refractivity contribution in [1.82, 2.24) is 19.7 Å². The van der Waals surface area contributed by atoms with Crippen molar-refractivity contribution in [2.24, 2.45) is 11.8 Å². The van der Waals surface area contributed by atoms with Crippen LogP contribution in [0.15, 0.2) is 24.4 Å². The molecule has 2 aliphatic carbocycles. The smallest absolute Gasteiger partial charge is 0.306 e. The molecular weight excluding hydrogens is 442 g/mol. The molecule has 3 atom stereocenters. The normalized spacial score (nSPS) is 30.3. The number of hydrogen-bond acceptors (Lipinski definition) is 6. The molecule has 3 aromatic rings. The van der Waals surface area contributed by atoms with Gasteiger partial charge in [0.05, 0.1) is 23.2 Å². The second-order valence-corrected chi connectivity index (χ2v) is 11.2. The number of piperidine rings is 1. The second kappa shape index (κ2) is 8.01. The van der Waals surface area contributed by atoms with Crippen LogP contribution >= 0.6 is 0 Å². The Morgan fingerprint density at radius 2 is 1.83 bits per heavy atom. The molecule has 1 aliphatic heterocycles. The third kappa shape index (κ3) is 3.88. The van der Waals surface area contributed by atoms with E-state index in [1.165, 1.54) is 11.1 Å². The number of aromatic nitrogens is 4. The van der Waals surface area contributed by atoms with Gasteiger partial charge in [-0.05, 0) is 94.4 Å². The summed E-state index contributed by atoms with van der Waals surface area (Å²) >= 11 is 0. The van der Waals surface area contributed by atoms with Crippen LogP contribution in [0.1, 0.15) is 68.3 Å². The molecule has 6 rings (SSSR count). The summed E-state index contributed by atoms with van der Waals surface area (Å²) in [6, 6.07) is 6.68. The van der Waals surface area contributed by atoms with Gasteiger partial charge in [-0.2, -0.15) is 5.10 Å². The second-order valence-electron chi connectivity index (χ2n) is 11.2. The highest BCUT2D eigenvalue weighted by Gasteiger charge is 2.48. The number of aliphatic hydroxyl groups is 1. The topological polar surface area (TPSA) is 104 Å². The molecule has 8 nitrogen and oxygen atoms in total. The Morgan fingerprint density at radius 3 is 2.51 bits per heavy atom. The minimum Gasteiger partial charge on any atom is -0.481 e. The highest BCUT2D eigenvalue weighted by molar-refractivity contribution is 5.82. The minimum atomic E-state index is -0.674. The minimum absolute atomic E-state index is 0.184. The van der Waals surface area contributed by atoms with E-state index in [4.69, 9.17) is 15.1 Å². The predicted molar refractivity (Wildman–Crippen MR) is 133 cm³/mol. The molecule has 3 fully saturated rings. The molecule has 2 aromatic heterocycles. The molecule has 0 radical (unpaired) electrons. The number of fused-ring (bicyclic) bond motifs is 3. The summed E-state index contributed by atoms with van der Waals surface area (Å²) in [5.74, 6) is 1.99. The van der Waals surface area contributed by atoms with E-state index in [0.717, 1.165) is 61.2 Å². The predicted octanol–water partition coefficient (Wildman–Crippen LogP) is 4.14. The zero-order valence-corrected chi connectivity index (χ0v) is 20.6. The van der Waals surface area contributed by atoms with Gasteiger partial charge in [0.2, 0.25) is 0 Å². The Kier molecular flexibility index (Phi) is 5.14. The number of carboxylic acids is 1. The maximum atomic E-state index is 11.6. The van der Waals surface area contributed by atoms with Crippen molar-refractivity contribution < 1.29 is 15.0 Å². The van der Waals surface area contributed by atoms with Gasteiger partial charge >= 0.3 is 5.97 Å². The number of aryl methyl sites for hydroxylation is 2. The number of aliphatic carboxylic acids is 1. The lowest BCUT2D eigenvalue weighted by Crippen LogP contribution is -2.38. The summed E-state index contributed by atoms with van der Waals surface area (Å²) < 4.78 is 1.91. The van der Waals surface area contributed by atoms with Crippen LogP contribution < -0.4 is 4.90 Å². The summed E-state index contributed by atoms with van der Waals surface area (Å²) in [6.45, 7) is 6.73. The molecule has 1 saturated heterocycles. The van der Waals surface area contributed by atoms with Gasteiger partial charge in [-0.3, -0.25) is 4.79 Å². The van der Waals surface area contributed by atoms with Gasteiger partial charge in [-0.25, -0.2) is 14.6 Å². The number of benzene rings is 1. The lowest BCUT2D eigenvalue weighted by molar-refractivity contribution is -0.143. The quantitative estimate of drug-likeness (QED) is 0.584. The molecule has 184 valence electrons. The Hall–Kier alpha value is -3.00. The number of carbonyl (C=O) groups is 1. The first kappa shape index (κ1) is 22.5. The zero-order valence-electron chi connectivity index (χ0n) is 20.6. The first-order valence-electron chi connectivity index (χ1n) is 12.7. The molecule has 2 bridgehead atoms. The fourth-order valence-corrected chi connectivity index (χ4v) is 6.71. The lowest BCUT2D eigenvalue weighted by Gasteiger charge is -2.34. The number of anilines is 1. The average molecular weight is 476 g/mol. The van der Waals surface area contributed by atoms with E-state index in [9.17, 15) is 15.0 Å². The summed E-state index contributed by atoms with van der Waals surface area (Å²) in [7, 11) is 0. The molecule has 1 aromatic carbocycles. The Morgan fingerprint density at radius 1 is 1.09 bits per heavy atom. The van der Waals surface area contributed by atoms with E-state index in [0.29, 0.717) is 18.2 Å². The lowest BCUT2D eigenvalue weighted by atomic mass is 9.76. The van der Waals surface area contributed by atoms with Crippen molar-refractivity contribution in [2.75, 3.05) is 11.4 Å². The van der Waals surface area contributed by atoms with E-state index >= 15 is 0 Å². The molecular formula is C27H33N5O3. The van der Waals surface area contributed by atoms with Crippen LogP contribution in [-0.2, 0) is 4.79 Å². The first-order chi connectivity index (χ1) is 16.7. The number of rotatable bonds is 4. The number of nitrogens with zero attached hydrogens (tertiary/aromatic N) is 5. The van der Waals surface area contributed by atoms with Gasteiger partial charge in [0.25, 0.3) is 0 Å². The number of hydrogen-bond donors (Lipinski definition) is 2. The Balaban J connectivity index is 1.34. The Labute approximate surface area is 205 Å². The molecule has 3 aliphatic rings. The summed E-state index contributed by atoms with van der Waals surface area (Å²) in [4.78, 5) is 23.3. The molecule has 2 saturated carbocycles. The van der Waals surface area contributed by atoms with E-state index in [2.05, 4.69) is 24.0 Å². The summed E-state index contributed by atoms with van der Waals surface area (Å²) in [5, 5.41) is 25.7. The largest absolute Gasteiger partial charge is 0.481 e. The zero-order chi connectivity index (χ0) is 24.5. The van der Waals surface area contributed by atoms with Crippen molar-refractivity contribution >= 4 is 22.7 Å². The Bertz CT molecular complexity index is 1310. The van der Waals surface area contributed by atoms with Crippen LogP contribution in [0.4, 0.5) is 5.82 Å². The first-order valence-corrected chi connectivity index (χ1v) is 12.7. The van der Waals surface area contributed by atoms with E-state index < -0.39 is 11.6 Å². The van der Waals surface area contributed by atoms with Crippen molar-refractivity contribution in [3.8, 4) is 5.82 Å². The van der Waals surface area contributed by atoms with E-state index in [1.54, 1.807) is 0 Å². The van der Waals surface area contributed by atoms with Crippen LogP contribution in [0, 0.1) is 25.7 Å². The van der Waals surface area contributed by atoms with Crippen LogP contribution in [0.2, 0.25) is 0 Å². The highest BCUT2D eigenvalue weighted by atomic mass is 16.4. The van der Waals surface area contributed by atoms with Gasteiger partial charge in [-0.15, -0.1) is 0 Å². The molecule has 3 unspecified atom stereocenters. The fourth-order valence-electron chi connectivity index (χ4n) is 6.71. The van der Waals surface area contributed by atoms with Gasteiger partial charge in [-0.1, -0.05) is 0 Å². The molecule has 0 amide bonds. The highest BCUT2D eigenvalue weighted by Crippen LogP contribution is 2.44. The maximum Gasteiger partial charge on any atom is 0.306 e. The van der Waals surface area contributed by atoms with Gasteiger partial charge in [0.15, 0.2) is 5.82 Å². The standard InChI is InChI=1S/C27H33N5O3/c1-15-8-18-13-28-32(23(18)11-21(15)17-4-6-27(3,35)7-5-17)25-12-24(29-16(2)30-25)31-14-19-9-20(31)10-22(19)26(33)34/h8,11-13,17,19-20,22,35H,4-7,9-10,14H2,1-3H3,(H,33,34). The number of carboxylic acid groups (broad SMARTS) is 1. The molecule has 8 heteroatoms. The van der Waals surface area contributed by atoms with Crippen LogP contribution in [-0.4, -0.2) is 54.1 Å².